The van der Waals surface area contributed by atoms with Crippen molar-refractivity contribution in [1.29, 1.82) is 5.26 Å². The van der Waals surface area contributed by atoms with Crippen molar-refractivity contribution in [2.75, 3.05) is 0 Å². The van der Waals surface area contributed by atoms with E-state index in [1.165, 1.54) is 11.1 Å². The number of carbonyl (C=O) groups is 1. The number of aryl methyl sites for hydroxylation is 3. The zero-order valence-electron chi connectivity index (χ0n) is 16.8. The Morgan fingerprint density at radius 2 is 2.14 bits per heavy atom. The Hall–Kier alpha value is -3.13. The number of hydrogen-bond acceptors (Lipinski definition) is 3. The number of hydrogen-bond donors (Lipinski definition) is 1. The molecule has 29 heavy (non-hydrogen) atoms. The van der Waals surface area contributed by atoms with Gasteiger partial charge in [0.2, 0.25) is 0 Å². The Morgan fingerprint density at radius 3 is 3.00 bits per heavy atom. The van der Waals surface area contributed by atoms with Gasteiger partial charge in [0.25, 0.3) is 5.91 Å². The van der Waals surface area contributed by atoms with E-state index in [0.717, 1.165) is 48.6 Å². The number of nitrogens with zero attached hydrogens (tertiary/aromatic N) is 3. The lowest BCUT2D eigenvalue weighted by Crippen LogP contribution is -2.31. The average Bonchev–Trinajstić information content (AvgIpc) is 3.09. The van der Waals surface area contributed by atoms with E-state index >= 15 is 0 Å². The topological polar surface area (TPSA) is 70.7 Å². The van der Waals surface area contributed by atoms with Crippen LogP contribution in [0.25, 0.3) is 10.9 Å². The van der Waals surface area contributed by atoms with Crippen molar-refractivity contribution in [3.05, 3.63) is 64.8 Å². The zero-order valence-corrected chi connectivity index (χ0v) is 16.8. The second kappa shape index (κ2) is 8.48. The molecule has 4 rings (SSSR count). The maximum Gasteiger partial charge on any atom is 0.272 e. The molecule has 0 unspecified atom stereocenters. The molecule has 1 aromatic heterocycles. The monoisotopic (exact) mass is 386 g/mol. The molecule has 1 amide bonds. The number of unbranched alkanes of at least 4 members (excludes halogenated alkanes) is 2. The van der Waals surface area contributed by atoms with Crippen molar-refractivity contribution in [2.24, 2.45) is 0 Å². The van der Waals surface area contributed by atoms with E-state index < -0.39 is 0 Å². The van der Waals surface area contributed by atoms with Crippen LogP contribution >= 0.6 is 0 Å². The maximum absolute atomic E-state index is 13.2. The van der Waals surface area contributed by atoms with E-state index in [0.29, 0.717) is 18.7 Å². The number of benzene rings is 2. The van der Waals surface area contributed by atoms with Gasteiger partial charge in [0.15, 0.2) is 5.69 Å². The van der Waals surface area contributed by atoms with Gasteiger partial charge in [-0.3, -0.25) is 9.48 Å². The highest BCUT2D eigenvalue weighted by Crippen LogP contribution is 2.30. The lowest BCUT2D eigenvalue weighted by molar-refractivity contribution is 0.0928. The third-order valence-electron chi connectivity index (χ3n) is 5.70. The van der Waals surface area contributed by atoms with Gasteiger partial charge in [0, 0.05) is 18.4 Å². The Kier molecular flexibility index (Phi) is 5.62. The fourth-order valence-electron chi connectivity index (χ4n) is 4.23. The quantitative estimate of drug-likeness (QED) is 0.616. The molecule has 148 valence electrons. The minimum Gasteiger partial charge on any atom is -0.344 e. The van der Waals surface area contributed by atoms with E-state index in [1.807, 2.05) is 29.8 Å². The fourth-order valence-corrected chi connectivity index (χ4v) is 4.23. The van der Waals surface area contributed by atoms with E-state index in [9.17, 15) is 4.79 Å². The third-order valence-corrected chi connectivity index (χ3v) is 5.70. The Morgan fingerprint density at radius 1 is 1.28 bits per heavy atom. The first kappa shape index (κ1) is 19.2. The molecule has 1 aliphatic carbocycles. The number of rotatable bonds is 6. The molecular weight excluding hydrogens is 360 g/mol. The summed E-state index contributed by atoms with van der Waals surface area (Å²) < 4.78 is 1.91. The molecule has 1 N–H and O–H groups in total. The van der Waals surface area contributed by atoms with Crippen LogP contribution in [-0.2, 0) is 13.0 Å². The first-order valence-electron chi connectivity index (χ1n) is 10.4. The van der Waals surface area contributed by atoms with Gasteiger partial charge in [0.1, 0.15) is 0 Å². The van der Waals surface area contributed by atoms with Crippen molar-refractivity contribution in [3.63, 3.8) is 0 Å². The van der Waals surface area contributed by atoms with Crippen molar-refractivity contribution < 1.29 is 4.79 Å². The number of carbonyl (C=O) groups excluding carboxylic acids is 1. The van der Waals surface area contributed by atoms with Crippen molar-refractivity contribution in [3.8, 4) is 6.07 Å². The highest BCUT2D eigenvalue weighted by molar-refractivity contribution is 6.05. The molecule has 1 atom stereocenters. The predicted octanol–water partition coefficient (Wildman–Crippen LogP) is 4.85. The summed E-state index contributed by atoms with van der Waals surface area (Å²) in [5.74, 6) is -0.113. The number of amides is 1. The summed E-state index contributed by atoms with van der Waals surface area (Å²) in [5.41, 5.74) is 5.13. The normalized spacial score (nSPS) is 15.7. The van der Waals surface area contributed by atoms with Gasteiger partial charge < -0.3 is 5.32 Å². The van der Waals surface area contributed by atoms with E-state index in [4.69, 9.17) is 5.26 Å². The molecular formula is C24H26N4O. The lowest BCUT2D eigenvalue weighted by Gasteiger charge is -2.26. The van der Waals surface area contributed by atoms with Gasteiger partial charge >= 0.3 is 0 Å². The largest absolute Gasteiger partial charge is 0.344 e. The summed E-state index contributed by atoms with van der Waals surface area (Å²) in [5, 5.41) is 17.5. The highest BCUT2D eigenvalue weighted by Gasteiger charge is 2.24. The fraction of sp³-hybridized carbons (Fsp3) is 0.375. The Balaban J connectivity index is 1.61. The van der Waals surface area contributed by atoms with Gasteiger partial charge in [-0.15, -0.1) is 0 Å². The number of nitriles is 1. The molecule has 2 aromatic carbocycles. The predicted molar refractivity (Wildman–Crippen MR) is 114 cm³/mol. The molecule has 0 bridgehead atoms. The summed E-state index contributed by atoms with van der Waals surface area (Å²) in [7, 11) is 0. The van der Waals surface area contributed by atoms with Gasteiger partial charge in [-0.2, -0.15) is 10.4 Å². The standard InChI is InChI=1S/C24H26N4O/c1-17-12-13-22-20(16-17)23(27-28(22)15-6-2-5-14-25)24(29)26-21-11-7-9-18-8-3-4-10-19(18)21/h3-4,8,10,12-13,16,21H,2,5-7,9,11,15H2,1H3,(H,26,29)/t21-/m0/s1. The van der Waals surface area contributed by atoms with Crippen LogP contribution in [0.1, 0.15) is 65.3 Å². The van der Waals surface area contributed by atoms with Crippen molar-refractivity contribution >= 4 is 16.8 Å². The number of fused-ring (bicyclic) bond motifs is 2. The number of nitrogens with one attached hydrogen (secondary N) is 1. The number of aromatic nitrogens is 2. The van der Waals surface area contributed by atoms with Crippen LogP contribution in [0.15, 0.2) is 42.5 Å². The van der Waals surface area contributed by atoms with Crippen LogP contribution in [0.2, 0.25) is 0 Å². The van der Waals surface area contributed by atoms with Crippen LogP contribution in [0.3, 0.4) is 0 Å². The molecule has 0 radical (unpaired) electrons. The van der Waals surface area contributed by atoms with Crippen LogP contribution < -0.4 is 5.32 Å². The van der Waals surface area contributed by atoms with Gasteiger partial charge in [0.05, 0.1) is 17.6 Å². The minimum absolute atomic E-state index is 0.0353. The summed E-state index contributed by atoms with van der Waals surface area (Å²) in [4.78, 5) is 13.2. The summed E-state index contributed by atoms with van der Waals surface area (Å²) in [6.07, 6.45) is 5.36. The van der Waals surface area contributed by atoms with E-state index in [2.05, 4.69) is 40.8 Å². The van der Waals surface area contributed by atoms with Crippen LogP contribution in [0, 0.1) is 18.3 Å². The average molecular weight is 386 g/mol. The molecule has 5 heteroatoms. The second-order valence-corrected chi connectivity index (χ2v) is 7.82. The molecule has 0 spiro atoms. The van der Waals surface area contributed by atoms with Gasteiger partial charge in [-0.05, 0) is 62.3 Å². The lowest BCUT2D eigenvalue weighted by atomic mass is 9.87. The molecule has 0 fully saturated rings. The highest BCUT2D eigenvalue weighted by atomic mass is 16.2. The second-order valence-electron chi connectivity index (χ2n) is 7.82. The van der Waals surface area contributed by atoms with Crippen LogP contribution in [-0.4, -0.2) is 15.7 Å². The SMILES string of the molecule is Cc1ccc2c(c1)c(C(=O)N[C@H]1CCCc3ccccc31)nn2CCCCC#N. The van der Waals surface area contributed by atoms with Crippen molar-refractivity contribution in [2.45, 2.75) is 58.0 Å². The summed E-state index contributed by atoms with van der Waals surface area (Å²) >= 11 is 0. The molecule has 0 saturated carbocycles. The molecule has 5 nitrogen and oxygen atoms in total. The third kappa shape index (κ3) is 4.02. The molecule has 0 saturated heterocycles. The van der Waals surface area contributed by atoms with Gasteiger partial charge in [-0.1, -0.05) is 35.9 Å². The van der Waals surface area contributed by atoms with E-state index in [1.54, 1.807) is 0 Å². The summed E-state index contributed by atoms with van der Waals surface area (Å²) in [6.45, 7) is 2.74. The first-order chi connectivity index (χ1) is 14.2. The molecule has 0 aliphatic heterocycles. The molecule has 3 aromatic rings. The van der Waals surface area contributed by atoms with Crippen LogP contribution in [0.5, 0.6) is 0 Å². The zero-order chi connectivity index (χ0) is 20.2. The summed E-state index contributed by atoms with van der Waals surface area (Å²) in [6, 6.07) is 16.7. The minimum atomic E-state index is -0.113. The smallest absolute Gasteiger partial charge is 0.272 e. The molecule has 1 heterocycles. The van der Waals surface area contributed by atoms with Gasteiger partial charge in [-0.25, -0.2) is 0 Å². The van der Waals surface area contributed by atoms with E-state index in [-0.39, 0.29) is 11.9 Å². The molecule has 1 aliphatic rings. The first-order valence-corrected chi connectivity index (χ1v) is 10.4. The van der Waals surface area contributed by atoms with Crippen LogP contribution in [0.4, 0.5) is 0 Å². The maximum atomic E-state index is 13.2. The Labute approximate surface area is 171 Å². The van der Waals surface area contributed by atoms with Crippen molar-refractivity contribution in [1.82, 2.24) is 15.1 Å². The Bertz CT molecular complexity index is 1080.